The molecule has 0 aliphatic carbocycles. The van der Waals surface area contributed by atoms with Gasteiger partial charge in [-0.25, -0.2) is 4.98 Å². The van der Waals surface area contributed by atoms with E-state index in [1.54, 1.807) is 18.2 Å². The van der Waals surface area contributed by atoms with Crippen LogP contribution in [-0.2, 0) is 0 Å². The quantitative estimate of drug-likeness (QED) is 0.609. The molecular weight excluding hydrogens is 264 g/mol. The highest BCUT2D eigenvalue weighted by molar-refractivity contribution is 6.39. The number of rotatable bonds is 2. The molecule has 17 heavy (non-hydrogen) atoms. The van der Waals surface area contributed by atoms with E-state index in [1.807, 2.05) is 0 Å². The SMILES string of the molecule is O=Cc1ccc(-c2c(Cl)cccc2Cl)c(F)n1. The van der Waals surface area contributed by atoms with Crippen molar-refractivity contribution in [3.63, 3.8) is 0 Å². The Bertz CT molecular complexity index is 566. The van der Waals surface area contributed by atoms with E-state index in [-0.39, 0.29) is 11.3 Å². The smallest absolute Gasteiger partial charge is 0.221 e. The maximum atomic E-state index is 13.7. The summed E-state index contributed by atoms with van der Waals surface area (Å²) in [5, 5.41) is 0.661. The lowest BCUT2D eigenvalue weighted by Crippen LogP contribution is -1.95. The Balaban J connectivity index is 2.65. The second kappa shape index (κ2) is 4.82. The lowest BCUT2D eigenvalue weighted by Gasteiger charge is -2.07. The van der Waals surface area contributed by atoms with Gasteiger partial charge >= 0.3 is 0 Å². The molecule has 0 saturated heterocycles. The molecule has 0 unspecified atom stereocenters. The lowest BCUT2D eigenvalue weighted by atomic mass is 10.1. The van der Waals surface area contributed by atoms with Crippen LogP contribution < -0.4 is 0 Å². The second-order valence-electron chi connectivity index (χ2n) is 3.29. The van der Waals surface area contributed by atoms with E-state index in [9.17, 15) is 9.18 Å². The lowest BCUT2D eigenvalue weighted by molar-refractivity contribution is 0.111. The largest absolute Gasteiger partial charge is 0.296 e. The Morgan fingerprint density at radius 3 is 2.29 bits per heavy atom. The minimum absolute atomic E-state index is 0.0226. The van der Waals surface area contributed by atoms with Gasteiger partial charge in [-0.3, -0.25) is 4.79 Å². The molecule has 2 nitrogen and oxygen atoms in total. The molecule has 0 aliphatic heterocycles. The molecule has 2 aromatic rings. The van der Waals surface area contributed by atoms with Crippen LogP contribution in [0.3, 0.4) is 0 Å². The van der Waals surface area contributed by atoms with Gasteiger partial charge in [0.25, 0.3) is 0 Å². The van der Waals surface area contributed by atoms with Crippen molar-refractivity contribution in [3.8, 4) is 11.1 Å². The van der Waals surface area contributed by atoms with E-state index in [0.29, 0.717) is 21.9 Å². The van der Waals surface area contributed by atoms with E-state index >= 15 is 0 Å². The number of aldehydes is 1. The van der Waals surface area contributed by atoms with E-state index in [1.165, 1.54) is 12.1 Å². The standard InChI is InChI=1S/C12H6Cl2FNO/c13-9-2-1-3-10(14)11(9)8-5-4-7(6-17)16-12(8)15/h1-6H. The van der Waals surface area contributed by atoms with E-state index < -0.39 is 5.95 Å². The van der Waals surface area contributed by atoms with Gasteiger partial charge in [-0.1, -0.05) is 29.3 Å². The van der Waals surface area contributed by atoms with Gasteiger partial charge in [0.15, 0.2) is 6.29 Å². The molecule has 0 saturated carbocycles. The van der Waals surface area contributed by atoms with Crippen LogP contribution in [0.15, 0.2) is 30.3 Å². The summed E-state index contributed by atoms with van der Waals surface area (Å²) in [6.45, 7) is 0. The Kier molecular flexibility index (Phi) is 3.41. The van der Waals surface area contributed by atoms with Crippen molar-refractivity contribution < 1.29 is 9.18 Å². The third-order valence-corrected chi connectivity index (χ3v) is 2.85. The molecule has 1 heterocycles. The first-order chi connectivity index (χ1) is 8.13. The molecule has 0 aliphatic rings. The number of aromatic nitrogens is 1. The van der Waals surface area contributed by atoms with Gasteiger partial charge in [0.1, 0.15) is 5.69 Å². The number of carbonyl (C=O) groups excluding carboxylic acids is 1. The summed E-state index contributed by atoms with van der Waals surface area (Å²) < 4.78 is 13.7. The average molecular weight is 270 g/mol. The molecule has 0 atom stereocenters. The van der Waals surface area contributed by atoms with Crippen molar-refractivity contribution >= 4 is 29.5 Å². The summed E-state index contributed by atoms with van der Waals surface area (Å²) in [4.78, 5) is 14.0. The fourth-order valence-electron chi connectivity index (χ4n) is 1.46. The molecule has 0 N–H and O–H groups in total. The van der Waals surface area contributed by atoms with E-state index in [0.717, 1.165) is 0 Å². The molecule has 0 spiro atoms. The van der Waals surface area contributed by atoms with Gasteiger partial charge in [0, 0.05) is 11.1 Å². The average Bonchev–Trinajstić information content (AvgIpc) is 2.30. The number of hydrogen-bond donors (Lipinski definition) is 0. The first-order valence-electron chi connectivity index (χ1n) is 4.69. The van der Waals surface area contributed by atoms with Crippen molar-refractivity contribution in [1.82, 2.24) is 4.98 Å². The third kappa shape index (κ3) is 2.30. The number of pyridine rings is 1. The van der Waals surface area contributed by atoms with Gasteiger partial charge < -0.3 is 0 Å². The zero-order valence-corrected chi connectivity index (χ0v) is 9.97. The Hall–Kier alpha value is -1.45. The first-order valence-corrected chi connectivity index (χ1v) is 5.45. The second-order valence-corrected chi connectivity index (χ2v) is 4.10. The Morgan fingerprint density at radius 1 is 1.12 bits per heavy atom. The zero-order chi connectivity index (χ0) is 12.4. The monoisotopic (exact) mass is 269 g/mol. The van der Waals surface area contributed by atoms with Gasteiger partial charge in [0.2, 0.25) is 5.95 Å². The number of halogens is 3. The van der Waals surface area contributed by atoms with Crippen molar-refractivity contribution in [3.05, 3.63) is 52.0 Å². The first kappa shape index (κ1) is 12.0. The summed E-state index contributed by atoms with van der Waals surface area (Å²) in [6, 6.07) is 7.72. The van der Waals surface area contributed by atoms with Crippen LogP contribution in [0.4, 0.5) is 4.39 Å². The molecule has 1 aromatic carbocycles. The van der Waals surface area contributed by atoms with Gasteiger partial charge in [-0.05, 0) is 24.3 Å². The number of nitrogens with zero attached hydrogens (tertiary/aromatic N) is 1. The van der Waals surface area contributed by atoms with Gasteiger partial charge in [-0.15, -0.1) is 0 Å². The van der Waals surface area contributed by atoms with Gasteiger partial charge in [0.05, 0.1) is 10.0 Å². The molecule has 0 bridgehead atoms. The van der Waals surface area contributed by atoms with Crippen LogP contribution >= 0.6 is 23.2 Å². The molecule has 86 valence electrons. The molecule has 0 radical (unpaired) electrons. The van der Waals surface area contributed by atoms with Crippen LogP contribution in [0.1, 0.15) is 10.5 Å². The Labute approximate surface area is 107 Å². The third-order valence-electron chi connectivity index (χ3n) is 2.22. The zero-order valence-electron chi connectivity index (χ0n) is 8.45. The normalized spacial score (nSPS) is 10.3. The minimum Gasteiger partial charge on any atom is -0.296 e. The van der Waals surface area contributed by atoms with Crippen molar-refractivity contribution in [2.75, 3.05) is 0 Å². The highest BCUT2D eigenvalue weighted by Gasteiger charge is 2.13. The Morgan fingerprint density at radius 2 is 1.76 bits per heavy atom. The van der Waals surface area contributed by atoms with Crippen molar-refractivity contribution in [2.45, 2.75) is 0 Å². The molecule has 5 heteroatoms. The molecule has 0 amide bonds. The summed E-state index contributed by atoms with van der Waals surface area (Å²) in [6.07, 6.45) is 0.473. The maximum Gasteiger partial charge on any atom is 0.221 e. The van der Waals surface area contributed by atoms with Crippen LogP contribution in [0.2, 0.25) is 10.0 Å². The van der Waals surface area contributed by atoms with Crippen molar-refractivity contribution in [2.24, 2.45) is 0 Å². The van der Waals surface area contributed by atoms with Crippen LogP contribution in [-0.4, -0.2) is 11.3 Å². The topological polar surface area (TPSA) is 30.0 Å². The fraction of sp³-hybridized carbons (Fsp3) is 0. The van der Waals surface area contributed by atoms with Crippen LogP contribution in [0.5, 0.6) is 0 Å². The van der Waals surface area contributed by atoms with Crippen molar-refractivity contribution in [1.29, 1.82) is 0 Å². The predicted molar refractivity (Wildman–Crippen MR) is 65.0 cm³/mol. The number of carbonyl (C=O) groups is 1. The summed E-state index contributed by atoms with van der Waals surface area (Å²) in [7, 11) is 0. The maximum absolute atomic E-state index is 13.7. The summed E-state index contributed by atoms with van der Waals surface area (Å²) >= 11 is 11.9. The summed E-state index contributed by atoms with van der Waals surface area (Å²) in [5.74, 6) is -0.774. The van der Waals surface area contributed by atoms with Gasteiger partial charge in [-0.2, -0.15) is 4.39 Å². The molecular formula is C12H6Cl2FNO. The number of benzene rings is 1. The molecule has 1 aromatic heterocycles. The van der Waals surface area contributed by atoms with Crippen LogP contribution in [0, 0.1) is 5.95 Å². The predicted octanol–water partition coefficient (Wildman–Crippen LogP) is 4.01. The van der Waals surface area contributed by atoms with E-state index in [2.05, 4.69) is 4.98 Å². The van der Waals surface area contributed by atoms with Crippen LogP contribution in [0.25, 0.3) is 11.1 Å². The van der Waals surface area contributed by atoms with E-state index in [4.69, 9.17) is 23.2 Å². The molecule has 2 rings (SSSR count). The highest BCUT2D eigenvalue weighted by Crippen LogP contribution is 2.35. The number of hydrogen-bond acceptors (Lipinski definition) is 2. The minimum atomic E-state index is -0.774. The summed E-state index contributed by atoms with van der Waals surface area (Å²) in [5.41, 5.74) is 0.568. The molecule has 0 fully saturated rings. The fourth-order valence-corrected chi connectivity index (χ4v) is 2.06. The highest BCUT2D eigenvalue weighted by atomic mass is 35.5.